The lowest BCUT2D eigenvalue weighted by atomic mass is 10.1. The van der Waals surface area contributed by atoms with E-state index in [9.17, 15) is 9.59 Å². The van der Waals surface area contributed by atoms with Crippen molar-refractivity contribution in [2.45, 2.75) is 39.7 Å². The van der Waals surface area contributed by atoms with Crippen LogP contribution in [0.3, 0.4) is 0 Å². The Bertz CT molecular complexity index is 681. The molecule has 21 heavy (non-hydrogen) atoms. The quantitative estimate of drug-likeness (QED) is 0.853. The van der Waals surface area contributed by atoms with Gasteiger partial charge >= 0.3 is 0 Å². The fraction of sp³-hybridized carbons (Fsp3) is 0.412. The SMILES string of the molecule is CC(C)c1cccn(C)c1=O.CC(C)n1ccccc1=O. The Hall–Kier alpha value is -2.10. The molecule has 2 aromatic heterocycles. The fourth-order valence-electron chi connectivity index (χ4n) is 1.92. The van der Waals surface area contributed by atoms with Gasteiger partial charge in [0, 0.05) is 37.1 Å². The van der Waals surface area contributed by atoms with Crippen LogP contribution in [0.1, 0.15) is 45.2 Å². The summed E-state index contributed by atoms with van der Waals surface area (Å²) in [6, 6.07) is 9.22. The van der Waals surface area contributed by atoms with Crippen molar-refractivity contribution in [3.63, 3.8) is 0 Å². The monoisotopic (exact) mass is 288 g/mol. The smallest absolute Gasteiger partial charge is 0.253 e. The average Bonchev–Trinajstić information content (AvgIpc) is 2.42. The molecule has 114 valence electrons. The number of nitrogens with zero attached hydrogens (tertiary/aromatic N) is 2. The third-order valence-electron chi connectivity index (χ3n) is 3.18. The molecule has 2 heterocycles. The van der Waals surface area contributed by atoms with E-state index >= 15 is 0 Å². The zero-order chi connectivity index (χ0) is 16.0. The predicted molar refractivity (Wildman–Crippen MR) is 86.9 cm³/mol. The van der Waals surface area contributed by atoms with Gasteiger partial charge in [0.25, 0.3) is 11.1 Å². The van der Waals surface area contributed by atoms with E-state index in [1.807, 2.05) is 45.9 Å². The molecule has 0 spiro atoms. The highest BCUT2D eigenvalue weighted by molar-refractivity contribution is 5.13. The minimum absolute atomic E-state index is 0.0671. The lowest BCUT2D eigenvalue weighted by Gasteiger charge is -2.06. The third-order valence-corrected chi connectivity index (χ3v) is 3.18. The van der Waals surface area contributed by atoms with E-state index in [1.165, 1.54) is 0 Å². The summed E-state index contributed by atoms with van der Waals surface area (Å²) >= 11 is 0. The normalized spacial score (nSPS) is 10.4. The summed E-state index contributed by atoms with van der Waals surface area (Å²) in [4.78, 5) is 22.4. The molecular formula is C17H24N2O2. The second-order valence-electron chi connectivity index (χ2n) is 5.57. The van der Waals surface area contributed by atoms with Crippen molar-refractivity contribution in [2.24, 2.45) is 7.05 Å². The summed E-state index contributed by atoms with van der Waals surface area (Å²) in [6.45, 7) is 8.02. The van der Waals surface area contributed by atoms with Crippen LogP contribution < -0.4 is 11.1 Å². The molecule has 0 bridgehead atoms. The van der Waals surface area contributed by atoms with E-state index in [0.29, 0.717) is 5.92 Å². The maximum absolute atomic E-state index is 11.4. The van der Waals surface area contributed by atoms with Gasteiger partial charge in [-0.25, -0.2) is 0 Å². The van der Waals surface area contributed by atoms with Crippen LogP contribution >= 0.6 is 0 Å². The fourth-order valence-corrected chi connectivity index (χ4v) is 1.92. The van der Waals surface area contributed by atoms with E-state index in [2.05, 4.69) is 0 Å². The third kappa shape index (κ3) is 4.74. The molecular weight excluding hydrogens is 264 g/mol. The van der Waals surface area contributed by atoms with Crippen LogP contribution in [-0.2, 0) is 7.05 Å². The summed E-state index contributed by atoms with van der Waals surface area (Å²) < 4.78 is 3.30. The minimum Gasteiger partial charge on any atom is -0.318 e. The van der Waals surface area contributed by atoms with Gasteiger partial charge in [-0.2, -0.15) is 0 Å². The molecule has 0 amide bonds. The van der Waals surface area contributed by atoms with Crippen LogP contribution in [0.2, 0.25) is 0 Å². The Morgan fingerprint density at radius 2 is 1.57 bits per heavy atom. The van der Waals surface area contributed by atoms with E-state index in [0.717, 1.165) is 5.56 Å². The molecule has 0 saturated carbocycles. The number of aryl methyl sites for hydroxylation is 1. The molecule has 0 fully saturated rings. The van der Waals surface area contributed by atoms with E-state index in [1.54, 1.807) is 40.7 Å². The van der Waals surface area contributed by atoms with Crippen LogP contribution in [0.5, 0.6) is 0 Å². The maximum atomic E-state index is 11.4. The standard InChI is InChI=1S/C9H13NO.C8H11NO/c1-7(2)8-5-4-6-10(3)9(8)11;1-7(2)9-6-4-3-5-8(9)10/h4-7H,1-3H3;3-7H,1-2H3. The number of pyridine rings is 2. The molecule has 2 aromatic rings. The van der Waals surface area contributed by atoms with Gasteiger partial charge in [-0.15, -0.1) is 0 Å². The molecule has 0 N–H and O–H groups in total. The maximum Gasteiger partial charge on any atom is 0.253 e. The highest BCUT2D eigenvalue weighted by Crippen LogP contribution is 2.07. The summed E-state index contributed by atoms with van der Waals surface area (Å²) in [5.74, 6) is 0.315. The molecule has 2 rings (SSSR count). The topological polar surface area (TPSA) is 44.0 Å². The van der Waals surface area contributed by atoms with Crippen molar-refractivity contribution in [3.8, 4) is 0 Å². The molecule has 4 nitrogen and oxygen atoms in total. The average molecular weight is 288 g/mol. The molecule has 0 unspecified atom stereocenters. The van der Waals surface area contributed by atoms with Crippen LogP contribution in [0, 0.1) is 0 Å². The summed E-state index contributed by atoms with van der Waals surface area (Å²) in [5, 5.41) is 0. The Morgan fingerprint density at radius 1 is 0.905 bits per heavy atom. The van der Waals surface area contributed by atoms with E-state index < -0.39 is 0 Å². The zero-order valence-electron chi connectivity index (χ0n) is 13.4. The number of hydrogen-bond donors (Lipinski definition) is 0. The van der Waals surface area contributed by atoms with Crippen molar-refractivity contribution in [2.75, 3.05) is 0 Å². The van der Waals surface area contributed by atoms with Crippen molar-refractivity contribution in [1.82, 2.24) is 9.13 Å². The van der Waals surface area contributed by atoms with Gasteiger partial charge in [0.2, 0.25) is 0 Å². The Labute approximate surface area is 125 Å². The van der Waals surface area contributed by atoms with Crippen molar-refractivity contribution >= 4 is 0 Å². The van der Waals surface area contributed by atoms with Gasteiger partial charge < -0.3 is 9.13 Å². The molecule has 0 saturated heterocycles. The molecule has 0 aliphatic heterocycles. The Kier molecular flexibility index (Phi) is 6.15. The summed E-state index contributed by atoms with van der Waals surface area (Å²) in [6.07, 6.45) is 3.57. The van der Waals surface area contributed by atoms with Crippen molar-refractivity contribution in [3.05, 3.63) is 69.0 Å². The number of hydrogen-bond acceptors (Lipinski definition) is 2. The first-order valence-electron chi connectivity index (χ1n) is 7.17. The first kappa shape index (κ1) is 17.0. The van der Waals surface area contributed by atoms with Gasteiger partial charge in [-0.1, -0.05) is 26.0 Å². The highest BCUT2D eigenvalue weighted by Gasteiger charge is 2.03. The van der Waals surface area contributed by atoms with Gasteiger partial charge in [-0.05, 0) is 31.9 Å². The summed E-state index contributed by atoms with van der Waals surface area (Å²) in [7, 11) is 1.77. The second kappa shape index (κ2) is 7.62. The lowest BCUT2D eigenvalue weighted by Crippen LogP contribution is -2.20. The first-order chi connectivity index (χ1) is 9.84. The second-order valence-corrected chi connectivity index (χ2v) is 5.57. The van der Waals surface area contributed by atoms with Crippen LogP contribution in [0.4, 0.5) is 0 Å². The first-order valence-corrected chi connectivity index (χ1v) is 7.17. The van der Waals surface area contributed by atoms with Gasteiger partial charge in [-0.3, -0.25) is 9.59 Å². The van der Waals surface area contributed by atoms with E-state index in [-0.39, 0.29) is 17.2 Å². The van der Waals surface area contributed by atoms with Gasteiger partial charge in [0.05, 0.1) is 0 Å². The molecule has 0 aromatic carbocycles. The van der Waals surface area contributed by atoms with Gasteiger partial charge in [0.15, 0.2) is 0 Å². The lowest BCUT2D eigenvalue weighted by molar-refractivity contribution is 0.578. The highest BCUT2D eigenvalue weighted by atomic mass is 16.1. The van der Waals surface area contributed by atoms with Crippen LogP contribution in [0.15, 0.2) is 52.3 Å². The van der Waals surface area contributed by atoms with Crippen LogP contribution in [0.25, 0.3) is 0 Å². The molecule has 0 radical (unpaired) electrons. The largest absolute Gasteiger partial charge is 0.318 e. The van der Waals surface area contributed by atoms with Crippen LogP contribution in [-0.4, -0.2) is 9.13 Å². The number of rotatable bonds is 2. The minimum atomic E-state index is 0.0671. The Balaban J connectivity index is 0.000000211. The molecule has 4 heteroatoms. The molecule has 0 aliphatic rings. The number of aromatic nitrogens is 2. The van der Waals surface area contributed by atoms with E-state index in [4.69, 9.17) is 0 Å². The Morgan fingerprint density at radius 3 is 2.00 bits per heavy atom. The van der Waals surface area contributed by atoms with Gasteiger partial charge in [0.1, 0.15) is 0 Å². The molecule has 0 atom stereocenters. The van der Waals surface area contributed by atoms with Crippen molar-refractivity contribution in [1.29, 1.82) is 0 Å². The molecule has 0 aliphatic carbocycles. The zero-order valence-corrected chi connectivity index (χ0v) is 13.4. The summed E-state index contributed by atoms with van der Waals surface area (Å²) in [5.41, 5.74) is 1.06. The van der Waals surface area contributed by atoms with Crippen molar-refractivity contribution < 1.29 is 0 Å². The predicted octanol–water partition coefficient (Wildman–Crippen LogP) is 2.94.